The Bertz CT molecular complexity index is 1160. The lowest BCUT2D eigenvalue weighted by atomic mass is 10.2. The van der Waals surface area contributed by atoms with Crippen molar-refractivity contribution in [1.82, 2.24) is 9.88 Å². The summed E-state index contributed by atoms with van der Waals surface area (Å²) < 4.78 is 39.9. The molecular weight excluding hydrogens is 425 g/mol. The van der Waals surface area contributed by atoms with Crippen LogP contribution in [0.5, 0.6) is 0 Å². The average Bonchev–Trinajstić information content (AvgIpc) is 3.16. The molecule has 0 saturated heterocycles. The molecule has 3 aromatic rings. The van der Waals surface area contributed by atoms with E-state index in [1.807, 2.05) is 19.0 Å². The molecule has 0 fully saturated rings. The van der Waals surface area contributed by atoms with Gasteiger partial charge in [0, 0.05) is 6.54 Å². The first-order valence-corrected chi connectivity index (χ1v) is 12.0. The van der Waals surface area contributed by atoms with Gasteiger partial charge in [-0.2, -0.15) is 0 Å². The smallest absolute Gasteiger partial charge is 0.261 e. The van der Waals surface area contributed by atoms with Crippen LogP contribution in [-0.2, 0) is 9.84 Å². The maximum Gasteiger partial charge on any atom is 0.261 e. The summed E-state index contributed by atoms with van der Waals surface area (Å²) in [5.41, 5.74) is 0.307. The predicted octanol–water partition coefficient (Wildman–Crippen LogP) is 3.83. The molecule has 1 aromatic heterocycles. The molecule has 0 N–H and O–H groups in total. The predicted molar refractivity (Wildman–Crippen MR) is 119 cm³/mol. The molecule has 1 heterocycles. The molecule has 0 unspecified atom stereocenters. The number of para-hydroxylation sites is 1. The minimum absolute atomic E-state index is 0.00222. The molecule has 2 aromatic carbocycles. The summed E-state index contributed by atoms with van der Waals surface area (Å²) >= 11 is 1.21. The van der Waals surface area contributed by atoms with Crippen LogP contribution in [0.3, 0.4) is 0 Å². The number of rotatable bonds is 8. The second-order valence-electron chi connectivity index (χ2n) is 7.10. The van der Waals surface area contributed by atoms with Gasteiger partial charge in [-0.05, 0) is 51.3 Å². The fourth-order valence-corrected chi connectivity index (χ4v) is 5.15. The van der Waals surface area contributed by atoms with E-state index in [1.165, 1.54) is 34.4 Å². The van der Waals surface area contributed by atoms with Gasteiger partial charge in [0.1, 0.15) is 11.3 Å². The number of thiazole rings is 1. The summed E-state index contributed by atoms with van der Waals surface area (Å²) in [6.07, 6.45) is 0.653. The average molecular weight is 450 g/mol. The fraction of sp³-hybridized carbons (Fsp3) is 0.333. The number of amides is 1. The third-order valence-corrected chi connectivity index (χ3v) is 7.48. The molecule has 0 spiro atoms. The Labute approximate surface area is 179 Å². The van der Waals surface area contributed by atoms with Crippen molar-refractivity contribution in [2.45, 2.75) is 18.2 Å². The van der Waals surface area contributed by atoms with Crippen LogP contribution in [-0.4, -0.2) is 57.1 Å². The first kappa shape index (κ1) is 22.3. The van der Waals surface area contributed by atoms with E-state index in [4.69, 9.17) is 0 Å². The Kier molecular flexibility index (Phi) is 6.84. The van der Waals surface area contributed by atoms with Crippen molar-refractivity contribution >= 4 is 42.4 Å². The number of hydrogen-bond acceptors (Lipinski definition) is 6. The van der Waals surface area contributed by atoms with Gasteiger partial charge in [-0.25, -0.2) is 17.8 Å². The van der Waals surface area contributed by atoms with Crippen LogP contribution in [0.15, 0.2) is 47.4 Å². The molecule has 9 heteroatoms. The largest absolute Gasteiger partial charge is 0.309 e. The molecule has 6 nitrogen and oxygen atoms in total. The zero-order valence-corrected chi connectivity index (χ0v) is 18.8. The topological polar surface area (TPSA) is 70.6 Å². The number of sulfone groups is 1. The van der Waals surface area contributed by atoms with Gasteiger partial charge in [0.2, 0.25) is 0 Å². The molecule has 0 atom stereocenters. The third kappa shape index (κ3) is 4.69. The summed E-state index contributed by atoms with van der Waals surface area (Å²) in [5, 5.41) is 0.350. The summed E-state index contributed by atoms with van der Waals surface area (Å²) in [4.78, 5) is 21.3. The van der Waals surface area contributed by atoms with Crippen LogP contribution in [0.2, 0.25) is 0 Å². The normalized spacial score (nSPS) is 11.9. The summed E-state index contributed by atoms with van der Waals surface area (Å²) in [6.45, 7) is 2.61. The first-order valence-electron chi connectivity index (χ1n) is 9.58. The number of aromatic nitrogens is 1. The van der Waals surface area contributed by atoms with Crippen molar-refractivity contribution in [3.8, 4) is 0 Å². The quantitative estimate of drug-likeness (QED) is 0.523. The van der Waals surface area contributed by atoms with E-state index in [9.17, 15) is 17.6 Å². The molecule has 0 radical (unpaired) electrons. The van der Waals surface area contributed by atoms with Gasteiger partial charge >= 0.3 is 0 Å². The zero-order chi connectivity index (χ0) is 21.9. The monoisotopic (exact) mass is 449 g/mol. The highest BCUT2D eigenvalue weighted by atomic mass is 32.2. The Morgan fingerprint density at radius 2 is 1.83 bits per heavy atom. The van der Waals surface area contributed by atoms with Crippen molar-refractivity contribution in [1.29, 1.82) is 0 Å². The van der Waals surface area contributed by atoms with Gasteiger partial charge in [0.25, 0.3) is 5.91 Å². The second-order valence-corrected chi connectivity index (χ2v) is 10.4. The minimum atomic E-state index is -3.59. The second kappa shape index (κ2) is 9.20. The van der Waals surface area contributed by atoms with E-state index in [0.29, 0.717) is 22.8 Å². The Morgan fingerprint density at radius 3 is 2.50 bits per heavy atom. The van der Waals surface area contributed by atoms with Crippen LogP contribution < -0.4 is 4.90 Å². The van der Waals surface area contributed by atoms with E-state index in [-0.39, 0.29) is 21.7 Å². The van der Waals surface area contributed by atoms with Gasteiger partial charge in [0.05, 0.1) is 20.9 Å². The highest BCUT2D eigenvalue weighted by molar-refractivity contribution is 7.91. The number of benzene rings is 2. The number of nitrogens with zero attached hydrogens (tertiary/aromatic N) is 3. The molecule has 0 aliphatic heterocycles. The lowest BCUT2D eigenvalue weighted by Crippen LogP contribution is -2.34. The van der Waals surface area contributed by atoms with E-state index in [1.54, 1.807) is 31.2 Å². The molecule has 160 valence electrons. The number of hydrogen-bond donors (Lipinski definition) is 0. The molecule has 0 bridgehead atoms. The van der Waals surface area contributed by atoms with E-state index < -0.39 is 21.6 Å². The Morgan fingerprint density at radius 1 is 1.10 bits per heavy atom. The van der Waals surface area contributed by atoms with E-state index in [0.717, 1.165) is 6.54 Å². The Balaban J connectivity index is 2.06. The lowest BCUT2D eigenvalue weighted by molar-refractivity contribution is 0.0983. The maximum atomic E-state index is 14.2. The van der Waals surface area contributed by atoms with Crippen LogP contribution >= 0.6 is 11.3 Å². The van der Waals surface area contributed by atoms with Crippen molar-refractivity contribution in [2.24, 2.45) is 0 Å². The standard InChI is InChI=1S/C21H24FN3O3S2/c1-4-30(27,28)18-12-6-5-9-15(18)20(26)25(14-8-13-24(2)3)21-23-19-16(22)10-7-11-17(19)29-21/h5-7,9-12H,4,8,13-14H2,1-3H3. The van der Waals surface area contributed by atoms with E-state index in [2.05, 4.69) is 4.98 Å². The molecule has 1 amide bonds. The summed E-state index contributed by atoms with van der Waals surface area (Å²) in [5.74, 6) is -1.02. The number of halogens is 1. The number of carbonyl (C=O) groups is 1. The van der Waals surface area contributed by atoms with Crippen molar-refractivity contribution in [3.63, 3.8) is 0 Å². The third-order valence-electron chi connectivity index (χ3n) is 4.65. The van der Waals surface area contributed by atoms with Gasteiger partial charge in [-0.1, -0.05) is 36.5 Å². The molecular formula is C21H24FN3O3S2. The first-order chi connectivity index (χ1) is 14.2. The molecule has 0 saturated carbocycles. The van der Waals surface area contributed by atoms with E-state index >= 15 is 0 Å². The summed E-state index contributed by atoms with van der Waals surface area (Å²) in [7, 11) is 0.278. The van der Waals surface area contributed by atoms with Crippen molar-refractivity contribution in [2.75, 3.05) is 37.8 Å². The van der Waals surface area contributed by atoms with Gasteiger partial charge < -0.3 is 4.90 Å². The highest BCUT2D eigenvalue weighted by Crippen LogP contribution is 2.32. The van der Waals surface area contributed by atoms with Crippen LogP contribution in [0.1, 0.15) is 23.7 Å². The SMILES string of the molecule is CCS(=O)(=O)c1ccccc1C(=O)N(CCCN(C)C)c1nc2c(F)cccc2s1. The number of anilines is 1. The lowest BCUT2D eigenvalue weighted by Gasteiger charge is -2.22. The molecule has 0 aliphatic carbocycles. The highest BCUT2D eigenvalue weighted by Gasteiger charge is 2.27. The van der Waals surface area contributed by atoms with Gasteiger partial charge in [0.15, 0.2) is 15.0 Å². The van der Waals surface area contributed by atoms with Crippen LogP contribution in [0.4, 0.5) is 9.52 Å². The maximum absolute atomic E-state index is 14.2. The van der Waals surface area contributed by atoms with Crippen molar-refractivity contribution in [3.05, 3.63) is 53.8 Å². The fourth-order valence-electron chi connectivity index (χ4n) is 3.06. The van der Waals surface area contributed by atoms with Crippen LogP contribution in [0.25, 0.3) is 10.2 Å². The van der Waals surface area contributed by atoms with Gasteiger partial charge in [-0.3, -0.25) is 9.69 Å². The Hall–Kier alpha value is -2.36. The summed E-state index contributed by atoms with van der Waals surface area (Å²) in [6, 6.07) is 10.9. The number of fused-ring (bicyclic) bond motifs is 1. The van der Waals surface area contributed by atoms with Crippen molar-refractivity contribution < 1.29 is 17.6 Å². The zero-order valence-electron chi connectivity index (χ0n) is 17.1. The minimum Gasteiger partial charge on any atom is -0.309 e. The van der Waals surface area contributed by atoms with Crippen LogP contribution in [0, 0.1) is 5.82 Å². The van der Waals surface area contributed by atoms with Gasteiger partial charge in [-0.15, -0.1) is 0 Å². The number of carbonyl (C=O) groups excluding carboxylic acids is 1. The molecule has 30 heavy (non-hydrogen) atoms. The molecule has 3 rings (SSSR count). The molecule has 0 aliphatic rings.